The van der Waals surface area contributed by atoms with Crippen LogP contribution < -0.4 is 21.7 Å². The second kappa shape index (κ2) is 14.1. The Morgan fingerprint density at radius 2 is 1.30 bits per heavy atom. The summed E-state index contributed by atoms with van der Waals surface area (Å²) < 4.78 is 0. The molecule has 0 aromatic carbocycles. The summed E-state index contributed by atoms with van der Waals surface area (Å²) in [5.74, 6) is -4.75. The lowest BCUT2D eigenvalue weighted by Crippen LogP contribution is -2.58. The summed E-state index contributed by atoms with van der Waals surface area (Å²) in [5.41, 5.74) is 5.67. The first-order chi connectivity index (χ1) is 13.9. The van der Waals surface area contributed by atoms with Crippen molar-refractivity contribution in [1.29, 1.82) is 0 Å². The third-order valence-electron chi connectivity index (χ3n) is 3.96. The normalized spacial score (nSPS) is 14.9. The first kappa shape index (κ1) is 28.0. The van der Waals surface area contributed by atoms with E-state index in [0.717, 1.165) is 0 Å². The molecule has 4 atom stereocenters. The van der Waals surface area contributed by atoms with Crippen LogP contribution in [-0.2, 0) is 24.0 Å². The molecule has 0 rings (SSSR count). The Labute approximate surface area is 185 Å². The Hall–Kier alpha value is -1.99. The number of nitrogens with two attached hydrogens (primary N) is 1. The zero-order chi connectivity index (χ0) is 23.4. The topological polar surface area (TPSA) is 188 Å². The van der Waals surface area contributed by atoms with Crippen LogP contribution >= 0.6 is 25.3 Å². The number of thiol groups is 2. The summed E-state index contributed by atoms with van der Waals surface area (Å²) in [7, 11) is 0. The minimum atomic E-state index is -1.28. The number of carboxylic acid groups (broad SMARTS) is 2. The maximum atomic E-state index is 12.7. The number of nitrogens with one attached hydrogen (secondary N) is 3. The van der Waals surface area contributed by atoms with Crippen molar-refractivity contribution in [1.82, 2.24) is 16.0 Å². The molecule has 13 heteroatoms. The number of carboxylic acids is 2. The highest BCUT2D eigenvalue weighted by Crippen LogP contribution is 2.07. The quantitative estimate of drug-likeness (QED) is 0.144. The molecule has 0 bridgehead atoms. The van der Waals surface area contributed by atoms with Gasteiger partial charge in [0.25, 0.3) is 0 Å². The Morgan fingerprint density at radius 1 is 0.833 bits per heavy atom. The number of rotatable bonds is 14. The summed E-state index contributed by atoms with van der Waals surface area (Å²) in [6, 6.07) is -4.52. The summed E-state index contributed by atoms with van der Waals surface area (Å²) >= 11 is 7.87. The average molecular weight is 467 g/mol. The maximum Gasteiger partial charge on any atom is 0.327 e. The van der Waals surface area contributed by atoms with Gasteiger partial charge in [0.2, 0.25) is 17.7 Å². The van der Waals surface area contributed by atoms with E-state index in [1.54, 1.807) is 0 Å². The zero-order valence-electron chi connectivity index (χ0n) is 16.8. The van der Waals surface area contributed by atoms with Crippen molar-refractivity contribution in [3.8, 4) is 0 Å². The average Bonchev–Trinajstić information content (AvgIpc) is 2.66. The molecular formula is C17H30N4O7S2. The van der Waals surface area contributed by atoms with Crippen molar-refractivity contribution >= 4 is 54.9 Å². The summed E-state index contributed by atoms with van der Waals surface area (Å²) in [5, 5.41) is 24.9. The van der Waals surface area contributed by atoms with Crippen LogP contribution in [-0.4, -0.2) is 75.5 Å². The molecular weight excluding hydrogens is 436 g/mol. The Morgan fingerprint density at radius 3 is 1.73 bits per heavy atom. The lowest BCUT2D eigenvalue weighted by Gasteiger charge is -2.25. The zero-order valence-corrected chi connectivity index (χ0v) is 18.6. The van der Waals surface area contributed by atoms with Crippen LogP contribution in [0.2, 0.25) is 0 Å². The first-order valence-electron chi connectivity index (χ1n) is 9.25. The van der Waals surface area contributed by atoms with Gasteiger partial charge in [0.1, 0.15) is 18.1 Å². The molecule has 11 nitrogen and oxygen atoms in total. The third-order valence-corrected chi connectivity index (χ3v) is 4.69. The van der Waals surface area contributed by atoms with E-state index in [4.69, 9.17) is 15.9 Å². The molecule has 0 spiro atoms. The molecule has 0 aliphatic rings. The molecule has 0 aromatic rings. The predicted molar refractivity (Wildman–Crippen MR) is 115 cm³/mol. The molecule has 172 valence electrons. The van der Waals surface area contributed by atoms with Crippen molar-refractivity contribution in [2.75, 3.05) is 11.5 Å². The van der Waals surface area contributed by atoms with Crippen LogP contribution in [0.1, 0.15) is 33.1 Å². The number of carbonyl (C=O) groups excluding carboxylic acids is 3. The highest BCUT2D eigenvalue weighted by molar-refractivity contribution is 7.80. The Balaban J connectivity index is 5.14. The molecule has 7 N–H and O–H groups in total. The molecule has 0 heterocycles. The second-order valence-electron chi connectivity index (χ2n) is 7.06. The van der Waals surface area contributed by atoms with Crippen molar-refractivity contribution in [2.45, 2.75) is 57.3 Å². The minimum Gasteiger partial charge on any atom is -0.481 e. The molecule has 0 aliphatic heterocycles. The minimum absolute atomic E-state index is 0.000134. The number of amides is 3. The number of aliphatic carboxylic acids is 2. The van der Waals surface area contributed by atoms with E-state index in [0.29, 0.717) is 0 Å². The molecule has 30 heavy (non-hydrogen) atoms. The number of carbonyl (C=O) groups is 5. The van der Waals surface area contributed by atoms with Gasteiger partial charge in [-0.3, -0.25) is 19.2 Å². The number of hydrogen-bond acceptors (Lipinski definition) is 8. The molecule has 0 aromatic heterocycles. The SMILES string of the molecule is CC(C)CC(NC(=O)C(N)CCC(=O)O)C(=O)NC(CS)C(=O)NC(CS)C(=O)O. The molecule has 4 unspecified atom stereocenters. The van der Waals surface area contributed by atoms with Gasteiger partial charge in [0.15, 0.2) is 0 Å². The monoisotopic (exact) mass is 466 g/mol. The fourth-order valence-corrected chi connectivity index (χ4v) is 2.82. The standard InChI is InChI=1S/C17H30N4O7S2/c1-8(2)5-10(19-14(24)9(18)3-4-13(22)23)15(25)20-11(6-29)16(26)21-12(7-30)17(27)28/h8-12,29-30H,3-7,18H2,1-2H3,(H,19,24)(H,20,25)(H,21,26)(H,22,23)(H,27,28). The molecule has 0 saturated carbocycles. The smallest absolute Gasteiger partial charge is 0.327 e. The van der Waals surface area contributed by atoms with Crippen molar-refractivity contribution in [3.05, 3.63) is 0 Å². The van der Waals surface area contributed by atoms with Gasteiger partial charge in [-0.2, -0.15) is 25.3 Å². The molecule has 0 radical (unpaired) electrons. The molecule has 3 amide bonds. The molecule has 0 aliphatic carbocycles. The van der Waals surface area contributed by atoms with Gasteiger partial charge in [-0.1, -0.05) is 13.8 Å². The highest BCUT2D eigenvalue weighted by atomic mass is 32.1. The van der Waals surface area contributed by atoms with E-state index in [-0.39, 0.29) is 36.7 Å². The van der Waals surface area contributed by atoms with E-state index < -0.39 is 53.8 Å². The van der Waals surface area contributed by atoms with Gasteiger partial charge in [-0.05, 0) is 18.8 Å². The number of hydrogen-bond donors (Lipinski definition) is 8. The van der Waals surface area contributed by atoms with Gasteiger partial charge in [-0.25, -0.2) is 4.79 Å². The Bertz CT molecular complexity index is 633. The van der Waals surface area contributed by atoms with Gasteiger partial charge < -0.3 is 31.9 Å². The van der Waals surface area contributed by atoms with Crippen LogP contribution in [0.4, 0.5) is 0 Å². The van der Waals surface area contributed by atoms with Crippen LogP contribution in [0.5, 0.6) is 0 Å². The van der Waals surface area contributed by atoms with Gasteiger partial charge in [-0.15, -0.1) is 0 Å². The van der Waals surface area contributed by atoms with Crippen LogP contribution in [0.3, 0.4) is 0 Å². The largest absolute Gasteiger partial charge is 0.481 e. The van der Waals surface area contributed by atoms with Crippen molar-refractivity contribution in [3.63, 3.8) is 0 Å². The predicted octanol–water partition coefficient (Wildman–Crippen LogP) is -1.38. The summed E-state index contributed by atoms with van der Waals surface area (Å²) in [6.45, 7) is 3.65. The molecule has 0 saturated heterocycles. The highest BCUT2D eigenvalue weighted by Gasteiger charge is 2.29. The lowest BCUT2D eigenvalue weighted by atomic mass is 10.0. The van der Waals surface area contributed by atoms with E-state index in [1.807, 2.05) is 13.8 Å². The van der Waals surface area contributed by atoms with Crippen LogP contribution in [0, 0.1) is 5.92 Å². The maximum absolute atomic E-state index is 12.7. The van der Waals surface area contributed by atoms with E-state index in [9.17, 15) is 24.0 Å². The third kappa shape index (κ3) is 10.7. The van der Waals surface area contributed by atoms with Gasteiger partial charge in [0, 0.05) is 17.9 Å². The van der Waals surface area contributed by atoms with Crippen molar-refractivity contribution < 1.29 is 34.2 Å². The van der Waals surface area contributed by atoms with Crippen molar-refractivity contribution in [2.24, 2.45) is 11.7 Å². The fourth-order valence-electron chi connectivity index (χ4n) is 2.32. The van der Waals surface area contributed by atoms with E-state index >= 15 is 0 Å². The van der Waals surface area contributed by atoms with E-state index in [1.165, 1.54) is 0 Å². The first-order valence-corrected chi connectivity index (χ1v) is 10.5. The molecule has 0 fully saturated rings. The van der Waals surface area contributed by atoms with Gasteiger partial charge >= 0.3 is 11.9 Å². The van der Waals surface area contributed by atoms with Crippen LogP contribution in [0.15, 0.2) is 0 Å². The second-order valence-corrected chi connectivity index (χ2v) is 7.79. The van der Waals surface area contributed by atoms with Gasteiger partial charge in [0.05, 0.1) is 6.04 Å². The summed E-state index contributed by atoms with van der Waals surface area (Å²) in [6.07, 6.45) is -0.162. The van der Waals surface area contributed by atoms with Crippen LogP contribution in [0.25, 0.3) is 0 Å². The summed E-state index contributed by atoms with van der Waals surface area (Å²) in [4.78, 5) is 58.8. The lowest BCUT2D eigenvalue weighted by molar-refractivity contribution is -0.141. The van der Waals surface area contributed by atoms with E-state index in [2.05, 4.69) is 41.2 Å². The Kier molecular flexibility index (Phi) is 13.2. The fraction of sp³-hybridized carbons (Fsp3) is 0.706.